The number of hydrogen-bond acceptors (Lipinski definition) is 2. The number of amides is 1. The molecule has 0 atom stereocenters. The molecule has 0 saturated heterocycles. The highest BCUT2D eigenvalue weighted by atomic mass is 16.1. The van der Waals surface area contributed by atoms with Crippen molar-refractivity contribution in [3.05, 3.63) is 24.3 Å². The Morgan fingerprint density at radius 1 is 1.82 bits per heavy atom. The van der Waals surface area contributed by atoms with Crippen molar-refractivity contribution in [1.82, 2.24) is 9.97 Å². The zero-order valence-corrected chi connectivity index (χ0v) is 6.22. The smallest absolute Gasteiger partial charge is 0.267 e. The largest absolute Gasteiger partial charge is 0.364 e. The fourth-order valence-electron chi connectivity index (χ4n) is 0.806. The molecule has 0 radical (unpaired) electrons. The van der Waals surface area contributed by atoms with Gasteiger partial charge in [-0.2, -0.15) is 0 Å². The Hall–Kier alpha value is -1.58. The van der Waals surface area contributed by atoms with Crippen LogP contribution in [0.15, 0.2) is 12.9 Å². The van der Waals surface area contributed by atoms with Gasteiger partial charge in [0.1, 0.15) is 5.69 Å². The van der Waals surface area contributed by atoms with Crippen molar-refractivity contribution < 1.29 is 4.79 Å². The Kier molecular flexibility index (Phi) is 1.76. The summed E-state index contributed by atoms with van der Waals surface area (Å²) >= 11 is 0. The number of nitrogens with zero attached hydrogens (tertiary/aromatic N) is 1. The predicted molar refractivity (Wildman–Crippen MR) is 41.8 cm³/mol. The molecule has 3 N–H and O–H groups in total. The van der Waals surface area contributed by atoms with Gasteiger partial charge in [-0.1, -0.05) is 6.58 Å². The summed E-state index contributed by atoms with van der Waals surface area (Å²) < 4.78 is 0. The number of primary amides is 1. The van der Waals surface area contributed by atoms with Crippen LogP contribution < -0.4 is 5.73 Å². The summed E-state index contributed by atoms with van der Waals surface area (Å²) in [5.74, 6) is -0.513. The monoisotopic (exact) mass is 151 g/mol. The van der Waals surface area contributed by atoms with E-state index in [9.17, 15) is 4.79 Å². The van der Waals surface area contributed by atoms with Gasteiger partial charge >= 0.3 is 0 Å². The molecular formula is C7H9N3O. The average Bonchev–Trinajstić information content (AvgIpc) is 2.32. The normalized spacial score (nSPS) is 9.55. The van der Waals surface area contributed by atoms with E-state index in [4.69, 9.17) is 5.73 Å². The molecular weight excluding hydrogens is 142 g/mol. The summed E-state index contributed by atoms with van der Waals surface area (Å²) in [7, 11) is 0. The second-order valence-corrected chi connectivity index (χ2v) is 2.27. The highest BCUT2D eigenvalue weighted by molar-refractivity contribution is 5.95. The zero-order valence-electron chi connectivity index (χ0n) is 6.22. The predicted octanol–water partition coefficient (Wildman–Crippen LogP) is 0.542. The molecule has 58 valence electrons. The second-order valence-electron chi connectivity index (χ2n) is 2.27. The Balaban J connectivity index is 3.16. The van der Waals surface area contributed by atoms with E-state index >= 15 is 0 Å². The number of imidazole rings is 1. The van der Waals surface area contributed by atoms with Crippen LogP contribution >= 0.6 is 0 Å². The molecule has 0 aliphatic rings. The van der Waals surface area contributed by atoms with Crippen molar-refractivity contribution in [2.75, 3.05) is 0 Å². The summed E-state index contributed by atoms with van der Waals surface area (Å²) in [4.78, 5) is 17.2. The van der Waals surface area contributed by atoms with E-state index in [-0.39, 0.29) is 0 Å². The molecule has 1 aromatic rings. The molecule has 0 spiro atoms. The van der Waals surface area contributed by atoms with E-state index in [2.05, 4.69) is 16.5 Å². The number of hydrogen-bond donors (Lipinski definition) is 2. The Morgan fingerprint density at radius 2 is 2.45 bits per heavy atom. The topological polar surface area (TPSA) is 71.8 Å². The number of allylic oxidation sites excluding steroid dienone is 1. The summed E-state index contributed by atoms with van der Waals surface area (Å²) in [6, 6.07) is 0. The minimum absolute atomic E-state index is 0.317. The zero-order chi connectivity index (χ0) is 8.43. The third-order valence-electron chi connectivity index (χ3n) is 1.29. The maximum Gasteiger partial charge on any atom is 0.267 e. The van der Waals surface area contributed by atoms with Crippen LogP contribution in [0.2, 0.25) is 0 Å². The molecule has 0 aliphatic carbocycles. The van der Waals surface area contributed by atoms with Crippen LogP contribution in [0.5, 0.6) is 0 Å². The molecule has 0 aliphatic heterocycles. The van der Waals surface area contributed by atoms with Crippen LogP contribution in [-0.4, -0.2) is 15.9 Å². The lowest BCUT2D eigenvalue weighted by atomic mass is 10.2. The van der Waals surface area contributed by atoms with Crippen LogP contribution in [0, 0.1) is 0 Å². The van der Waals surface area contributed by atoms with E-state index < -0.39 is 5.91 Å². The maximum absolute atomic E-state index is 10.7. The van der Waals surface area contributed by atoms with Gasteiger partial charge in [-0.25, -0.2) is 4.98 Å². The number of carbonyl (C=O) groups is 1. The van der Waals surface area contributed by atoms with Crippen molar-refractivity contribution in [2.45, 2.75) is 6.92 Å². The van der Waals surface area contributed by atoms with E-state index in [1.165, 1.54) is 6.33 Å². The van der Waals surface area contributed by atoms with Gasteiger partial charge in [0.15, 0.2) is 0 Å². The Labute approximate surface area is 64.1 Å². The number of nitrogens with two attached hydrogens (primary N) is 1. The first-order valence-corrected chi connectivity index (χ1v) is 3.12. The fourth-order valence-corrected chi connectivity index (χ4v) is 0.806. The van der Waals surface area contributed by atoms with Crippen molar-refractivity contribution in [3.8, 4) is 0 Å². The molecule has 0 fully saturated rings. The highest BCUT2D eigenvalue weighted by Gasteiger charge is 2.10. The highest BCUT2D eigenvalue weighted by Crippen LogP contribution is 2.11. The molecule has 0 bridgehead atoms. The van der Waals surface area contributed by atoms with Crippen LogP contribution in [-0.2, 0) is 0 Å². The molecule has 11 heavy (non-hydrogen) atoms. The summed E-state index contributed by atoms with van der Waals surface area (Å²) in [6.07, 6.45) is 1.42. The lowest BCUT2D eigenvalue weighted by Crippen LogP contribution is -2.13. The number of aromatic amines is 1. The van der Waals surface area contributed by atoms with Gasteiger partial charge in [0.05, 0.1) is 12.0 Å². The summed E-state index contributed by atoms with van der Waals surface area (Å²) in [5, 5.41) is 0. The summed E-state index contributed by atoms with van der Waals surface area (Å²) in [5.41, 5.74) is 6.62. The molecule has 0 saturated carbocycles. The molecule has 0 unspecified atom stereocenters. The van der Waals surface area contributed by atoms with Crippen molar-refractivity contribution in [3.63, 3.8) is 0 Å². The van der Waals surface area contributed by atoms with Crippen molar-refractivity contribution in [2.24, 2.45) is 5.73 Å². The molecule has 1 amide bonds. The van der Waals surface area contributed by atoms with Gasteiger partial charge in [-0.05, 0) is 12.5 Å². The first kappa shape index (κ1) is 7.53. The average molecular weight is 151 g/mol. The van der Waals surface area contributed by atoms with Crippen molar-refractivity contribution >= 4 is 11.5 Å². The molecule has 0 aromatic carbocycles. The van der Waals surface area contributed by atoms with E-state index in [1.807, 2.05) is 0 Å². The molecule has 1 aromatic heterocycles. The van der Waals surface area contributed by atoms with Gasteiger partial charge in [-0.3, -0.25) is 4.79 Å². The van der Waals surface area contributed by atoms with Crippen molar-refractivity contribution in [1.29, 1.82) is 0 Å². The lowest BCUT2D eigenvalue weighted by molar-refractivity contribution is 0.0996. The van der Waals surface area contributed by atoms with Gasteiger partial charge in [0.2, 0.25) is 0 Å². The first-order chi connectivity index (χ1) is 5.13. The third-order valence-corrected chi connectivity index (χ3v) is 1.29. The number of rotatable bonds is 2. The Morgan fingerprint density at radius 3 is 2.82 bits per heavy atom. The number of aromatic nitrogens is 2. The minimum atomic E-state index is -0.513. The second kappa shape index (κ2) is 2.57. The van der Waals surface area contributed by atoms with Gasteiger partial charge in [0, 0.05) is 0 Å². The first-order valence-electron chi connectivity index (χ1n) is 3.12. The molecule has 1 rings (SSSR count). The number of H-pyrrole nitrogens is 1. The van der Waals surface area contributed by atoms with E-state index in [0.717, 1.165) is 5.57 Å². The molecule has 4 heteroatoms. The summed E-state index contributed by atoms with van der Waals surface area (Å²) in [6.45, 7) is 5.42. The number of carbonyl (C=O) groups excluding carboxylic acids is 1. The fraction of sp³-hybridized carbons (Fsp3) is 0.143. The van der Waals surface area contributed by atoms with E-state index in [1.54, 1.807) is 6.92 Å². The van der Waals surface area contributed by atoms with Gasteiger partial charge in [0.25, 0.3) is 5.91 Å². The SMILES string of the molecule is C=C(C)c1nc[nH]c1C(N)=O. The van der Waals surface area contributed by atoms with Crippen LogP contribution in [0.3, 0.4) is 0 Å². The standard InChI is InChI=1S/C7H9N3O/c1-4(2)5-6(7(8)11)10-3-9-5/h3H,1H2,2H3,(H2,8,11)(H,9,10). The third kappa shape index (κ3) is 1.29. The Bertz CT molecular complexity index is 272. The number of nitrogens with one attached hydrogen (secondary N) is 1. The van der Waals surface area contributed by atoms with Crippen LogP contribution in [0.4, 0.5) is 0 Å². The molecule has 1 heterocycles. The minimum Gasteiger partial charge on any atom is -0.364 e. The van der Waals surface area contributed by atoms with Crippen LogP contribution in [0.1, 0.15) is 23.1 Å². The quantitative estimate of drug-likeness (QED) is 0.647. The lowest BCUT2D eigenvalue weighted by Gasteiger charge is -1.94. The van der Waals surface area contributed by atoms with Gasteiger partial charge in [-0.15, -0.1) is 0 Å². The molecule has 4 nitrogen and oxygen atoms in total. The van der Waals surface area contributed by atoms with E-state index in [0.29, 0.717) is 11.4 Å². The van der Waals surface area contributed by atoms with Gasteiger partial charge < -0.3 is 10.7 Å². The maximum atomic E-state index is 10.7. The van der Waals surface area contributed by atoms with Crippen LogP contribution in [0.25, 0.3) is 5.57 Å².